The highest BCUT2D eigenvalue weighted by molar-refractivity contribution is 7.05. The molecule has 68 heavy (non-hydrogen) atoms. The fourth-order valence-electron chi connectivity index (χ4n) is 12.9. The molecular formula is C60H37B3N4O. The molecule has 0 saturated heterocycles. The zero-order chi connectivity index (χ0) is 44.2. The summed E-state index contributed by atoms with van der Waals surface area (Å²) in [6.45, 7) is -0.0754. The largest absolute Gasteiger partial charge is 0.458 e. The van der Waals surface area contributed by atoms with E-state index in [0.29, 0.717) is 0 Å². The molecule has 0 bridgehead atoms. The van der Waals surface area contributed by atoms with E-state index in [1.807, 2.05) is 0 Å². The summed E-state index contributed by atoms with van der Waals surface area (Å²) < 4.78 is 6.80. The predicted molar refractivity (Wildman–Crippen MR) is 286 cm³/mol. The minimum atomic E-state index is -0.0665. The van der Waals surface area contributed by atoms with Gasteiger partial charge in [-0.25, -0.2) is 0 Å². The SMILES string of the molecule is c1ccc(N2c3cc4c(cc3B3c5ccccc5Oc5cccc2c53)B2c3ccccc3N3c5ccccc5B5c6ccccc6N(c6ccccc6)c6cc(c2c3c65)N4c2ccccc2)cc1. The Bertz CT molecular complexity index is 3780. The molecule has 312 valence electrons. The van der Waals surface area contributed by atoms with E-state index in [0.717, 1.165) is 34.2 Å². The number of nitrogens with zero attached hydrogens (tertiary/aromatic N) is 4. The molecule has 0 radical (unpaired) electrons. The van der Waals surface area contributed by atoms with Gasteiger partial charge in [0.15, 0.2) is 0 Å². The zero-order valence-corrected chi connectivity index (χ0v) is 36.8. The van der Waals surface area contributed by atoms with Crippen LogP contribution < -0.4 is 73.5 Å². The van der Waals surface area contributed by atoms with Crippen LogP contribution in [0.5, 0.6) is 11.5 Å². The first kappa shape index (κ1) is 36.6. The van der Waals surface area contributed by atoms with Crippen molar-refractivity contribution in [1.29, 1.82) is 0 Å². The average molecular weight is 862 g/mol. The molecule has 10 aromatic rings. The summed E-state index contributed by atoms with van der Waals surface area (Å²) in [4.78, 5) is 10.2. The molecule has 6 aliphatic rings. The van der Waals surface area contributed by atoms with Crippen LogP contribution in [0.3, 0.4) is 0 Å². The summed E-state index contributed by atoms with van der Waals surface area (Å²) in [5, 5.41) is 0. The quantitative estimate of drug-likeness (QED) is 0.165. The third-order valence-corrected chi connectivity index (χ3v) is 15.4. The number of hydrogen-bond donors (Lipinski definition) is 0. The van der Waals surface area contributed by atoms with Gasteiger partial charge in [-0.3, -0.25) is 0 Å². The molecule has 0 N–H and O–H groups in total. The van der Waals surface area contributed by atoms with E-state index in [9.17, 15) is 0 Å². The summed E-state index contributed by atoms with van der Waals surface area (Å²) in [6.07, 6.45) is 0. The van der Waals surface area contributed by atoms with Crippen molar-refractivity contribution in [3.05, 3.63) is 224 Å². The number of anilines is 12. The Morgan fingerprint density at radius 3 is 1.19 bits per heavy atom. The maximum Gasteiger partial charge on any atom is 0.256 e. The first-order chi connectivity index (χ1) is 33.8. The van der Waals surface area contributed by atoms with Crippen molar-refractivity contribution in [1.82, 2.24) is 0 Å². The van der Waals surface area contributed by atoms with Gasteiger partial charge in [0.2, 0.25) is 0 Å². The molecule has 10 aromatic carbocycles. The summed E-state index contributed by atoms with van der Waals surface area (Å²) in [5.74, 6) is 1.83. The van der Waals surface area contributed by atoms with Crippen molar-refractivity contribution in [2.45, 2.75) is 0 Å². The standard InChI is InChI=1S/C60H37B3N4O/c1-4-19-38(20-5-1)64-47-29-14-10-25-41(47)61-42-26-11-15-30-48(42)67-49-31-16-12-27-43(49)62-45-35-46-51(36-52(45)66(40-23-8-3-9-24-40)54-37-53(64)58(61)60(67)59(54)62)65(39-21-6-2-7-22-39)50-32-18-34-56-57(50)63(46)44-28-13-17-33-55(44)68-56/h1-37H. The van der Waals surface area contributed by atoms with Crippen LogP contribution in [0.2, 0.25) is 0 Å². The van der Waals surface area contributed by atoms with Gasteiger partial charge in [-0.2, -0.15) is 0 Å². The van der Waals surface area contributed by atoms with Crippen molar-refractivity contribution >= 4 is 138 Å². The number of hydrogen-bond acceptors (Lipinski definition) is 5. The van der Waals surface area contributed by atoms with Crippen molar-refractivity contribution in [3.63, 3.8) is 0 Å². The molecule has 0 unspecified atom stereocenters. The highest BCUT2D eigenvalue weighted by Crippen LogP contribution is 2.51. The lowest BCUT2D eigenvalue weighted by Crippen LogP contribution is -2.69. The molecule has 0 aliphatic carbocycles. The van der Waals surface area contributed by atoms with E-state index >= 15 is 0 Å². The Morgan fingerprint density at radius 1 is 0.250 bits per heavy atom. The second-order valence-electron chi connectivity index (χ2n) is 18.7. The van der Waals surface area contributed by atoms with E-state index < -0.39 is 0 Å². The number of fused-ring (bicyclic) bond motifs is 14. The number of para-hydroxylation sites is 7. The maximum absolute atomic E-state index is 6.80. The van der Waals surface area contributed by atoms with Gasteiger partial charge in [-0.1, -0.05) is 140 Å². The maximum atomic E-state index is 6.80. The normalized spacial score (nSPS) is 14.4. The molecule has 0 aromatic heterocycles. The van der Waals surface area contributed by atoms with Gasteiger partial charge in [0.25, 0.3) is 20.1 Å². The Hall–Kier alpha value is -8.61. The fourth-order valence-corrected chi connectivity index (χ4v) is 12.9. The number of benzene rings is 10. The Labute approximate surface area is 396 Å². The minimum Gasteiger partial charge on any atom is -0.458 e. The zero-order valence-electron chi connectivity index (χ0n) is 36.8. The van der Waals surface area contributed by atoms with Crippen molar-refractivity contribution in [2.75, 3.05) is 19.6 Å². The topological polar surface area (TPSA) is 22.2 Å². The molecule has 8 heteroatoms. The molecule has 0 amide bonds. The predicted octanol–water partition coefficient (Wildman–Crippen LogP) is 8.79. The monoisotopic (exact) mass is 862 g/mol. The average Bonchev–Trinajstić information content (AvgIpc) is 3.40. The highest BCUT2D eigenvalue weighted by atomic mass is 16.5. The van der Waals surface area contributed by atoms with Crippen LogP contribution in [0, 0.1) is 0 Å². The molecule has 0 atom stereocenters. The van der Waals surface area contributed by atoms with Crippen LogP contribution in [0.4, 0.5) is 68.2 Å². The Morgan fingerprint density at radius 2 is 0.632 bits per heavy atom. The molecule has 0 saturated carbocycles. The van der Waals surface area contributed by atoms with Crippen LogP contribution >= 0.6 is 0 Å². The smallest absolute Gasteiger partial charge is 0.256 e. The van der Waals surface area contributed by atoms with E-state index in [2.05, 4.69) is 244 Å². The van der Waals surface area contributed by atoms with Crippen LogP contribution in [0.25, 0.3) is 0 Å². The van der Waals surface area contributed by atoms with Crippen molar-refractivity contribution < 1.29 is 4.74 Å². The lowest BCUT2D eigenvalue weighted by molar-refractivity contribution is 0.487. The van der Waals surface area contributed by atoms with Gasteiger partial charge < -0.3 is 24.3 Å². The molecular weight excluding hydrogens is 825 g/mol. The van der Waals surface area contributed by atoms with Crippen molar-refractivity contribution in [2.24, 2.45) is 0 Å². The summed E-state index contributed by atoms with van der Waals surface area (Å²) in [7, 11) is 0. The molecule has 0 spiro atoms. The Balaban J connectivity index is 1.06. The van der Waals surface area contributed by atoms with Gasteiger partial charge in [-0.05, 0) is 134 Å². The fraction of sp³-hybridized carbons (Fsp3) is 0. The summed E-state index contributed by atoms with van der Waals surface area (Å²) in [5.41, 5.74) is 25.9. The van der Waals surface area contributed by atoms with E-state index in [4.69, 9.17) is 4.74 Å². The molecule has 6 heterocycles. The number of rotatable bonds is 3. The second kappa shape index (κ2) is 13.5. The molecule has 0 fully saturated rings. The van der Waals surface area contributed by atoms with Gasteiger partial charge >= 0.3 is 0 Å². The molecule has 16 rings (SSSR count). The summed E-state index contributed by atoms with van der Waals surface area (Å²) in [6, 6.07) is 83.2. The minimum absolute atomic E-state index is 0.0306. The van der Waals surface area contributed by atoms with Crippen LogP contribution in [-0.2, 0) is 0 Å². The van der Waals surface area contributed by atoms with Gasteiger partial charge in [0, 0.05) is 68.2 Å². The molecule has 6 aliphatic heterocycles. The highest BCUT2D eigenvalue weighted by Gasteiger charge is 2.52. The number of ether oxygens (including phenoxy) is 1. The lowest BCUT2D eigenvalue weighted by Gasteiger charge is -2.51. The second-order valence-corrected chi connectivity index (χ2v) is 18.7. The van der Waals surface area contributed by atoms with Crippen LogP contribution in [-0.4, -0.2) is 20.1 Å². The van der Waals surface area contributed by atoms with Gasteiger partial charge in [0.05, 0.1) is 0 Å². The lowest BCUT2D eigenvalue weighted by atomic mass is 9.28. The first-order valence-electron chi connectivity index (χ1n) is 23.7. The molecule has 5 nitrogen and oxygen atoms in total. The van der Waals surface area contributed by atoms with E-state index in [-0.39, 0.29) is 20.1 Å². The van der Waals surface area contributed by atoms with Crippen molar-refractivity contribution in [3.8, 4) is 11.5 Å². The van der Waals surface area contributed by atoms with E-state index in [1.54, 1.807) is 0 Å². The third-order valence-electron chi connectivity index (χ3n) is 15.4. The third kappa shape index (κ3) is 4.68. The van der Waals surface area contributed by atoms with Crippen LogP contribution in [0.15, 0.2) is 224 Å². The summed E-state index contributed by atoms with van der Waals surface area (Å²) >= 11 is 0. The Kier molecular flexibility index (Phi) is 7.26. The van der Waals surface area contributed by atoms with Gasteiger partial charge in [-0.15, -0.1) is 0 Å². The first-order valence-corrected chi connectivity index (χ1v) is 23.7. The van der Waals surface area contributed by atoms with Crippen LogP contribution in [0.1, 0.15) is 0 Å². The van der Waals surface area contributed by atoms with Gasteiger partial charge in [0.1, 0.15) is 11.5 Å². The van der Waals surface area contributed by atoms with E-state index in [1.165, 1.54) is 94.7 Å².